The second-order valence-corrected chi connectivity index (χ2v) is 8.33. The number of aromatic nitrogens is 2. The topological polar surface area (TPSA) is 86.6 Å². The number of hydrogen-bond acceptors (Lipinski definition) is 5. The minimum absolute atomic E-state index is 0.0155. The van der Waals surface area contributed by atoms with Crippen LogP contribution in [0.1, 0.15) is 33.1 Å². The molecular formula is C26H24N4O3. The smallest absolute Gasteiger partial charge is 0.274 e. The molecule has 1 aromatic heterocycles. The number of benzene rings is 2. The average Bonchev–Trinajstić information content (AvgIpc) is 2.85. The molecule has 0 unspecified atom stereocenters. The van der Waals surface area contributed by atoms with Crippen LogP contribution < -0.4 is 0 Å². The first kappa shape index (κ1) is 21.0. The van der Waals surface area contributed by atoms with Crippen LogP contribution in [0.25, 0.3) is 12.2 Å². The highest BCUT2D eigenvalue weighted by Gasteiger charge is 2.54. The summed E-state index contributed by atoms with van der Waals surface area (Å²) in [6.07, 6.45) is 8.50. The van der Waals surface area contributed by atoms with E-state index in [0.29, 0.717) is 6.54 Å². The molecular weight excluding hydrogens is 416 g/mol. The van der Waals surface area contributed by atoms with Crippen LogP contribution in [0.2, 0.25) is 0 Å². The van der Waals surface area contributed by atoms with Gasteiger partial charge in [-0.25, -0.2) is 4.98 Å². The van der Waals surface area contributed by atoms with Gasteiger partial charge in [0.2, 0.25) is 5.91 Å². The minimum Gasteiger partial charge on any atom is -0.394 e. The lowest BCUT2D eigenvalue weighted by atomic mass is 9.73. The van der Waals surface area contributed by atoms with E-state index in [1.807, 2.05) is 54.6 Å². The average molecular weight is 441 g/mol. The van der Waals surface area contributed by atoms with E-state index >= 15 is 0 Å². The molecule has 7 nitrogen and oxygen atoms in total. The highest BCUT2D eigenvalue weighted by Crippen LogP contribution is 2.43. The second-order valence-electron chi connectivity index (χ2n) is 8.33. The first-order valence-corrected chi connectivity index (χ1v) is 11.0. The number of amides is 2. The third-order valence-corrected chi connectivity index (χ3v) is 6.41. The summed E-state index contributed by atoms with van der Waals surface area (Å²) >= 11 is 0. The molecule has 2 aromatic carbocycles. The van der Waals surface area contributed by atoms with E-state index in [4.69, 9.17) is 0 Å². The quantitative estimate of drug-likeness (QED) is 0.616. The lowest BCUT2D eigenvalue weighted by molar-refractivity contribution is -0.159. The molecule has 33 heavy (non-hydrogen) atoms. The van der Waals surface area contributed by atoms with Gasteiger partial charge in [0.15, 0.2) is 0 Å². The molecule has 2 aliphatic rings. The molecule has 0 bridgehead atoms. The molecule has 3 atom stereocenters. The summed E-state index contributed by atoms with van der Waals surface area (Å²) in [6, 6.07) is 17.8. The fraction of sp³-hybridized carbons (Fsp3) is 0.231. The summed E-state index contributed by atoms with van der Waals surface area (Å²) < 4.78 is 0. The van der Waals surface area contributed by atoms with Gasteiger partial charge in [-0.05, 0) is 16.7 Å². The van der Waals surface area contributed by atoms with Crippen molar-refractivity contribution in [1.82, 2.24) is 19.8 Å². The number of aliphatic hydroxyl groups is 1. The molecule has 2 amide bonds. The maximum absolute atomic E-state index is 12.8. The van der Waals surface area contributed by atoms with Gasteiger partial charge in [0.25, 0.3) is 5.91 Å². The largest absolute Gasteiger partial charge is 0.394 e. The molecule has 5 rings (SSSR count). The Kier molecular flexibility index (Phi) is 5.71. The number of carbonyl (C=O) groups is 2. The number of hydrogen-bond donors (Lipinski definition) is 1. The van der Waals surface area contributed by atoms with Crippen LogP contribution >= 0.6 is 0 Å². The molecule has 0 aliphatic carbocycles. The Bertz CT molecular complexity index is 1170. The summed E-state index contributed by atoms with van der Waals surface area (Å²) in [5.74, 6) is -0.492. The zero-order valence-corrected chi connectivity index (χ0v) is 18.0. The number of piperazine rings is 1. The Morgan fingerprint density at radius 1 is 1.03 bits per heavy atom. The van der Waals surface area contributed by atoms with Gasteiger partial charge in [0, 0.05) is 24.9 Å². The fourth-order valence-corrected chi connectivity index (χ4v) is 4.81. The van der Waals surface area contributed by atoms with Gasteiger partial charge >= 0.3 is 0 Å². The summed E-state index contributed by atoms with van der Waals surface area (Å²) in [6.45, 7) is 0.275. The molecule has 166 valence electrons. The Labute approximate surface area is 192 Å². The highest BCUT2D eigenvalue weighted by atomic mass is 16.3. The molecule has 2 aliphatic heterocycles. The van der Waals surface area contributed by atoms with E-state index in [9.17, 15) is 14.7 Å². The van der Waals surface area contributed by atoms with Crippen molar-refractivity contribution >= 4 is 24.0 Å². The summed E-state index contributed by atoms with van der Waals surface area (Å²) in [4.78, 5) is 36.9. The number of aliphatic hydroxyl groups excluding tert-OH is 1. The molecule has 0 spiro atoms. The van der Waals surface area contributed by atoms with E-state index in [-0.39, 0.29) is 48.7 Å². The van der Waals surface area contributed by atoms with Crippen molar-refractivity contribution in [1.29, 1.82) is 0 Å². The molecule has 0 radical (unpaired) electrons. The normalized spacial score (nSPS) is 22.2. The predicted molar refractivity (Wildman–Crippen MR) is 124 cm³/mol. The minimum atomic E-state index is -0.302. The number of fused-ring (bicyclic) bond motifs is 1. The van der Waals surface area contributed by atoms with E-state index in [0.717, 1.165) is 16.7 Å². The van der Waals surface area contributed by atoms with Crippen molar-refractivity contribution in [2.24, 2.45) is 0 Å². The first-order chi connectivity index (χ1) is 16.2. The van der Waals surface area contributed by atoms with Gasteiger partial charge in [0.05, 0.1) is 24.9 Å². The van der Waals surface area contributed by atoms with Gasteiger partial charge < -0.3 is 14.9 Å². The van der Waals surface area contributed by atoms with Crippen LogP contribution in [-0.4, -0.2) is 68.5 Å². The standard InChI is InChI=1S/C26H24N4O3/c31-17-23-25(20-10-8-19(9-11-20)7-6-18-4-2-1-3-5-18)22-15-29(16-24(32)30(22)23)26(33)21-14-27-12-13-28-21/h1-14,22-23,25,31H,15-17H2/t22-,23+,25-/m1/s1. The number of nitrogens with zero attached hydrogens (tertiary/aromatic N) is 4. The third kappa shape index (κ3) is 4.03. The summed E-state index contributed by atoms with van der Waals surface area (Å²) in [5, 5.41) is 9.99. The van der Waals surface area contributed by atoms with Gasteiger partial charge in [-0.1, -0.05) is 66.7 Å². The first-order valence-electron chi connectivity index (χ1n) is 11.0. The van der Waals surface area contributed by atoms with Crippen molar-refractivity contribution in [2.45, 2.75) is 18.0 Å². The molecule has 2 saturated heterocycles. The lowest BCUT2D eigenvalue weighted by Crippen LogP contribution is -2.73. The Morgan fingerprint density at radius 3 is 2.42 bits per heavy atom. The van der Waals surface area contributed by atoms with Crippen molar-refractivity contribution in [2.75, 3.05) is 19.7 Å². The fourth-order valence-electron chi connectivity index (χ4n) is 4.81. The monoisotopic (exact) mass is 440 g/mol. The summed E-state index contributed by atoms with van der Waals surface area (Å²) in [5.41, 5.74) is 3.47. The van der Waals surface area contributed by atoms with Crippen LogP contribution in [0.5, 0.6) is 0 Å². The number of carbonyl (C=O) groups excluding carboxylic acids is 2. The van der Waals surface area contributed by atoms with Crippen LogP contribution in [-0.2, 0) is 4.79 Å². The molecule has 3 heterocycles. The van der Waals surface area contributed by atoms with Crippen molar-refractivity contribution < 1.29 is 14.7 Å². The van der Waals surface area contributed by atoms with Gasteiger partial charge in [0.1, 0.15) is 12.2 Å². The third-order valence-electron chi connectivity index (χ3n) is 6.41. The molecule has 3 aromatic rings. The Morgan fingerprint density at radius 2 is 1.76 bits per heavy atom. The zero-order valence-electron chi connectivity index (χ0n) is 18.0. The molecule has 7 heteroatoms. The van der Waals surface area contributed by atoms with Gasteiger partial charge in [-0.2, -0.15) is 0 Å². The van der Waals surface area contributed by atoms with Crippen molar-refractivity contribution in [3.8, 4) is 0 Å². The van der Waals surface area contributed by atoms with E-state index in [2.05, 4.69) is 22.1 Å². The van der Waals surface area contributed by atoms with Crippen molar-refractivity contribution in [3.63, 3.8) is 0 Å². The van der Waals surface area contributed by atoms with Crippen LogP contribution in [0.3, 0.4) is 0 Å². The van der Waals surface area contributed by atoms with E-state index in [1.54, 1.807) is 4.90 Å². The Hall–Kier alpha value is -3.84. The SMILES string of the molecule is O=C(c1cnccn1)N1CC(=O)N2[C@H](C1)[C@@H](c1ccc(C=Cc3ccccc3)cc1)[C@@H]2CO. The highest BCUT2D eigenvalue weighted by molar-refractivity contribution is 5.96. The second kappa shape index (κ2) is 8.96. The lowest BCUT2D eigenvalue weighted by Gasteiger charge is -2.58. The van der Waals surface area contributed by atoms with Crippen LogP contribution in [0, 0.1) is 0 Å². The molecule has 0 saturated carbocycles. The number of rotatable bonds is 5. The maximum atomic E-state index is 12.8. The zero-order chi connectivity index (χ0) is 22.8. The van der Waals surface area contributed by atoms with Gasteiger partial charge in [-0.3, -0.25) is 14.6 Å². The van der Waals surface area contributed by atoms with Crippen LogP contribution in [0.4, 0.5) is 0 Å². The van der Waals surface area contributed by atoms with Gasteiger partial charge in [-0.15, -0.1) is 0 Å². The summed E-state index contributed by atoms with van der Waals surface area (Å²) in [7, 11) is 0. The maximum Gasteiger partial charge on any atom is 0.274 e. The molecule has 1 N–H and O–H groups in total. The van der Waals surface area contributed by atoms with Crippen LogP contribution in [0.15, 0.2) is 73.2 Å². The predicted octanol–water partition coefficient (Wildman–Crippen LogP) is 2.46. The molecule has 2 fully saturated rings. The van der Waals surface area contributed by atoms with E-state index < -0.39 is 0 Å². The Balaban J connectivity index is 1.34. The van der Waals surface area contributed by atoms with E-state index in [1.165, 1.54) is 23.5 Å². The van der Waals surface area contributed by atoms with Crippen molar-refractivity contribution in [3.05, 3.63) is 95.6 Å².